The van der Waals surface area contributed by atoms with E-state index in [1.807, 2.05) is 45.3 Å². The van der Waals surface area contributed by atoms with Gasteiger partial charge in [0.2, 0.25) is 0 Å². The lowest BCUT2D eigenvalue weighted by molar-refractivity contribution is 0.570. The van der Waals surface area contributed by atoms with Gasteiger partial charge in [0.25, 0.3) is 0 Å². The molecule has 340 valence electrons. The molecule has 63 heavy (non-hydrogen) atoms. The van der Waals surface area contributed by atoms with Crippen LogP contribution in [-0.4, -0.2) is 14.5 Å². The van der Waals surface area contributed by atoms with Crippen molar-refractivity contribution in [1.29, 1.82) is 0 Å². The molecule has 0 spiro atoms. The lowest BCUT2D eigenvalue weighted by Crippen LogP contribution is -2.11. The number of aromatic nitrogens is 3. The molecule has 0 atom stereocenters. The van der Waals surface area contributed by atoms with Crippen molar-refractivity contribution in [2.75, 3.05) is 0 Å². The van der Waals surface area contributed by atoms with Crippen LogP contribution in [0.5, 0.6) is 0 Å². The Kier molecular flexibility index (Phi) is 16.9. The zero-order valence-electron chi connectivity index (χ0n) is 40.4. The highest BCUT2D eigenvalue weighted by Crippen LogP contribution is 2.47. The van der Waals surface area contributed by atoms with E-state index in [0.717, 1.165) is 39.1 Å². The third-order valence-corrected chi connectivity index (χ3v) is 18.2. The molecule has 2 aromatic carbocycles. The van der Waals surface area contributed by atoms with Gasteiger partial charge in [-0.15, -0.1) is 22.7 Å². The summed E-state index contributed by atoms with van der Waals surface area (Å²) in [5.41, 5.74) is 8.70. The number of hydrogen-bond acceptors (Lipinski definition) is 6. The van der Waals surface area contributed by atoms with Gasteiger partial charge in [0.05, 0.1) is 9.75 Å². The summed E-state index contributed by atoms with van der Waals surface area (Å²) in [5.74, 6) is 0. The Balaban J connectivity index is 1.22. The van der Waals surface area contributed by atoms with E-state index < -0.39 is 0 Å². The van der Waals surface area contributed by atoms with E-state index in [0.29, 0.717) is 0 Å². The van der Waals surface area contributed by atoms with Crippen molar-refractivity contribution in [3.63, 3.8) is 0 Å². The van der Waals surface area contributed by atoms with E-state index in [-0.39, 0.29) is 10.8 Å². The third kappa shape index (κ3) is 12.0. The molecule has 0 N–H and O–H groups in total. The molecule has 5 aromatic heterocycles. The molecule has 3 nitrogen and oxygen atoms in total. The number of rotatable bonds is 24. The van der Waals surface area contributed by atoms with E-state index in [4.69, 9.17) is 9.97 Å². The Morgan fingerprint density at radius 1 is 0.476 bits per heavy atom. The predicted octanol–water partition coefficient (Wildman–Crippen LogP) is 19.7. The van der Waals surface area contributed by atoms with E-state index in [1.165, 1.54) is 179 Å². The molecule has 0 bridgehead atoms. The van der Waals surface area contributed by atoms with Gasteiger partial charge in [0.1, 0.15) is 10.0 Å². The molecule has 0 fully saturated rings. The number of nitrogens with zero attached hydrogens (tertiary/aromatic N) is 3. The first-order valence-electron chi connectivity index (χ1n) is 25.0. The van der Waals surface area contributed by atoms with Crippen LogP contribution in [0.15, 0.2) is 48.5 Å². The van der Waals surface area contributed by atoms with E-state index in [2.05, 4.69) is 115 Å². The molecule has 0 aliphatic heterocycles. The van der Waals surface area contributed by atoms with Gasteiger partial charge in [-0.2, -0.15) is 0 Å². The number of benzene rings is 2. The number of aryl methyl sites for hydroxylation is 3. The van der Waals surface area contributed by atoms with E-state index in [9.17, 15) is 0 Å². The second kappa shape index (κ2) is 22.1. The Morgan fingerprint density at radius 3 is 1.52 bits per heavy atom. The summed E-state index contributed by atoms with van der Waals surface area (Å²) in [4.78, 5) is 18.5. The monoisotopic (exact) mass is 920 g/mol. The van der Waals surface area contributed by atoms with Crippen LogP contribution >= 0.6 is 45.3 Å². The van der Waals surface area contributed by atoms with Gasteiger partial charge in [0, 0.05) is 38.1 Å². The molecule has 0 amide bonds. The Hall–Kier alpha value is -2.84. The normalized spacial score (nSPS) is 12.6. The van der Waals surface area contributed by atoms with Gasteiger partial charge in [-0.25, -0.2) is 9.97 Å². The highest BCUT2D eigenvalue weighted by molar-refractivity contribution is 7.32. The zero-order valence-corrected chi connectivity index (χ0v) is 43.7. The second-order valence-electron chi connectivity index (χ2n) is 20.5. The first-order valence-corrected chi connectivity index (χ1v) is 28.3. The van der Waals surface area contributed by atoms with Gasteiger partial charge in [-0.3, -0.25) is 0 Å². The van der Waals surface area contributed by atoms with E-state index >= 15 is 0 Å². The third-order valence-electron chi connectivity index (χ3n) is 13.1. The standard InChI is InChI=1S/C56H77N3S4/c1-10-13-16-19-22-25-28-40-36-47(39-30-32-43-44-33-31-42(55(4,5)6)38-46(44)59(45(43)35-39)34-27-24-21-18-15-12-3)60-49(40)51-57-53-54(62-51)58-52(63-53)50-41(29-26-23-20-17-14-11-2)37-48(61-50)56(7,8)9/h30-33,35-38H,10-29,34H2,1-9H3. The van der Waals surface area contributed by atoms with Crippen LogP contribution in [0, 0.1) is 0 Å². The molecule has 0 aliphatic rings. The van der Waals surface area contributed by atoms with Gasteiger partial charge >= 0.3 is 0 Å². The fourth-order valence-corrected chi connectivity index (χ4v) is 13.9. The first-order chi connectivity index (χ1) is 30.4. The summed E-state index contributed by atoms with van der Waals surface area (Å²) in [6.07, 6.45) is 25.9. The van der Waals surface area contributed by atoms with Crippen molar-refractivity contribution >= 4 is 76.8 Å². The summed E-state index contributed by atoms with van der Waals surface area (Å²) in [5, 5.41) is 5.07. The van der Waals surface area contributed by atoms with Gasteiger partial charge < -0.3 is 4.57 Å². The van der Waals surface area contributed by atoms with E-state index in [1.54, 1.807) is 0 Å². The number of thiazole rings is 2. The largest absolute Gasteiger partial charge is 0.340 e. The van der Waals surface area contributed by atoms with Crippen LogP contribution < -0.4 is 0 Å². The number of hydrogen-bond donors (Lipinski definition) is 0. The minimum absolute atomic E-state index is 0.109. The number of unbranched alkanes of at least 4 members (excludes halogenated alkanes) is 15. The molecule has 7 rings (SSSR count). The average Bonchev–Trinajstić information content (AvgIpc) is 4.08. The summed E-state index contributed by atoms with van der Waals surface area (Å²) in [7, 11) is 0. The van der Waals surface area contributed by atoms with Gasteiger partial charge in [0.15, 0.2) is 9.66 Å². The molecule has 7 aromatic rings. The molecule has 5 heterocycles. The van der Waals surface area contributed by atoms with Crippen LogP contribution in [0.4, 0.5) is 0 Å². The smallest absolute Gasteiger partial charge is 0.155 e. The number of fused-ring (bicyclic) bond motifs is 4. The maximum absolute atomic E-state index is 5.42. The highest BCUT2D eigenvalue weighted by atomic mass is 32.1. The lowest BCUT2D eigenvalue weighted by Gasteiger charge is -2.19. The van der Waals surface area contributed by atoms with Crippen molar-refractivity contribution in [3.8, 4) is 30.2 Å². The maximum atomic E-state index is 5.42. The Labute approximate surface area is 397 Å². The Bertz CT molecular complexity index is 2490. The van der Waals surface area contributed by atoms with Gasteiger partial charge in [-0.1, -0.05) is 206 Å². The van der Waals surface area contributed by atoms with Crippen LogP contribution in [0.1, 0.15) is 199 Å². The zero-order chi connectivity index (χ0) is 44.6. The molecule has 7 heteroatoms. The predicted molar refractivity (Wildman–Crippen MR) is 285 cm³/mol. The highest BCUT2D eigenvalue weighted by Gasteiger charge is 2.25. The van der Waals surface area contributed by atoms with Crippen molar-refractivity contribution in [3.05, 3.63) is 70.1 Å². The maximum Gasteiger partial charge on any atom is 0.155 e. The lowest BCUT2D eigenvalue weighted by atomic mass is 9.86. The summed E-state index contributed by atoms with van der Waals surface area (Å²) in [6.45, 7) is 22.0. The van der Waals surface area contributed by atoms with Crippen LogP contribution in [-0.2, 0) is 30.2 Å². The SMILES string of the molecule is CCCCCCCCc1cc(-c2ccc3c4ccc(C(C)(C)C)cc4n(CCCCCCCC)c3c2)sc1-c1nc2sc(-c3sc(C(C)(C)C)cc3CCCCCCCC)nc2s1. The molecule has 0 unspecified atom stereocenters. The van der Waals surface area contributed by atoms with Crippen molar-refractivity contribution in [2.24, 2.45) is 0 Å². The molecule has 0 aliphatic carbocycles. The Morgan fingerprint density at radius 2 is 0.968 bits per heavy atom. The quantitative estimate of drug-likeness (QED) is 0.0566. The molecular weight excluding hydrogens is 843 g/mol. The molecule has 0 saturated carbocycles. The number of thiophene rings is 2. The fourth-order valence-electron chi connectivity index (χ4n) is 9.14. The van der Waals surface area contributed by atoms with Gasteiger partial charge in [-0.05, 0) is 89.5 Å². The van der Waals surface area contributed by atoms with Crippen molar-refractivity contribution in [1.82, 2.24) is 14.5 Å². The minimum Gasteiger partial charge on any atom is -0.340 e. The summed E-state index contributed by atoms with van der Waals surface area (Å²) >= 11 is 7.55. The average molecular weight is 921 g/mol. The first kappa shape index (κ1) is 48.1. The molecule has 0 radical (unpaired) electrons. The molecule has 0 saturated heterocycles. The topological polar surface area (TPSA) is 30.7 Å². The van der Waals surface area contributed by atoms with Crippen LogP contribution in [0.25, 0.3) is 61.7 Å². The van der Waals surface area contributed by atoms with Crippen molar-refractivity contribution < 1.29 is 0 Å². The summed E-state index contributed by atoms with van der Waals surface area (Å²) < 4.78 is 2.66. The minimum atomic E-state index is 0.109. The second-order valence-corrected chi connectivity index (χ2v) is 24.6. The fraction of sp³-hybridized carbons (Fsp3) is 0.571. The summed E-state index contributed by atoms with van der Waals surface area (Å²) in [6, 6.07) is 19.6. The van der Waals surface area contributed by atoms with Crippen LogP contribution in [0.2, 0.25) is 0 Å². The molecular formula is C56H77N3S4. The van der Waals surface area contributed by atoms with Crippen molar-refractivity contribution in [2.45, 2.75) is 208 Å². The van der Waals surface area contributed by atoms with Crippen LogP contribution in [0.3, 0.4) is 0 Å².